The Hall–Kier alpha value is -2.03. The first kappa shape index (κ1) is 17.0. The zero-order valence-corrected chi connectivity index (χ0v) is 12.8. The van der Waals surface area contributed by atoms with Gasteiger partial charge in [0.25, 0.3) is 5.91 Å². The molecule has 1 aromatic rings. The lowest BCUT2D eigenvalue weighted by Gasteiger charge is -2.22. The molecule has 1 amide bonds. The molecule has 0 aliphatic carbocycles. The molecule has 0 bridgehead atoms. The van der Waals surface area contributed by atoms with E-state index in [1.807, 2.05) is 0 Å². The van der Waals surface area contributed by atoms with Crippen LogP contribution in [0.2, 0.25) is 0 Å². The summed E-state index contributed by atoms with van der Waals surface area (Å²) in [5.41, 5.74) is 0.321. The van der Waals surface area contributed by atoms with Gasteiger partial charge in [-0.3, -0.25) is 4.79 Å². The monoisotopic (exact) mass is 291 g/mol. The minimum Gasteiger partial charge on any atom is -0.495 e. The van der Waals surface area contributed by atoms with Crippen LogP contribution in [0.15, 0.2) is 18.2 Å². The van der Waals surface area contributed by atoms with E-state index in [4.69, 9.17) is 14.6 Å². The number of anilines is 1. The summed E-state index contributed by atoms with van der Waals surface area (Å²) in [6.07, 6.45) is 0.407. The molecule has 0 saturated carbocycles. The molecule has 5 heteroatoms. The number of nitrogens with one attached hydrogen (secondary N) is 1. The predicted octanol–water partition coefficient (Wildman–Crippen LogP) is 1.79. The van der Waals surface area contributed by atoms with Crippen molar-refractivity contribution >= 4 is 11.6 Å². The Labute approximate surface area is 125 Å². The van der Waals surface area contributed by atoms with E-state index in [1.54, 1.807) is 32.0 Å². The number of rotatable bonds is 5. The third-order valence-electron chi connectivity index (χ3n) is 2.97. The van der Waals surface area contributed by atoms with Crippen molar-refractivity contribution in [3.05, 3.63) is 23.8 Å². The van der Waals surface area contributed by atoms with E-state index < -0.39 is 5.60 Å². The molecule has 0 radical (unpaired) electrons. The number of methoxy groups -OCH3 is 2. The Morgan fingerprint density at radius 1 is 1.38 bits per heavy atom. The van der Waals surface area contributed by atoms with Crippen LogP contribution in [-0.4, -0.2) is 37.4 Å². The topological polar surface area (TPSA) is 67.8 Å². The molecule has 2 N–H and O–H groups in total. The van der Waals surface area contributed by atoms with Crippen LogP contribution in [-0.2, 0) is 9.53 Å². The molecular weight excluding hydrogens is 270 g/mol. The van der Waals surface area contributed by atoms with Gasteiger partial charge in [-0.2, -0.15) is 0 Å². The zero-order valence-electron chi connectivity index (χ0n) is 12.8. The highest BCUT2D eigenvalue weighted by Crippen LogP contribution is 2.26. The molecule has 0 unspecified atom stereocenters. The van der Waals surface area contributed by atoms with Gasteiger partial charge in [0.1, 0.15) is 11.4 Å². The molecular formula is C16H21NO4. The fourth-order valence-electron chi connectivity index (χ4n) is 1.47. The number of ether oxygens (including phenoxy) is 2. The number of amides is 1. The molecule has 1 rings (SSSR count). The van der Waals surface area contributed by atoms with Gasteiger partial charge in [-0.15, -0.1) is 0 Å². The summed E-state index contributed by atoms with van der Waals surface area (Å²) in [5.74, 6) is 6.02. The smallest absolute Gasteiger partial charge is 0.256 e. The lowest BCUT2D eigenvalue weighted by molar-refractivity contribution is -0.133. The number of hydrogen-bond acceptors (Lipinski definition) is 4. The van der Waals surface area contributed by atoms with Gasteiger partial charge < -0.3 is 19.9 Å². The van der Waals surface area contributed by atoms with E-state index in [0.717, 1.165) is 5.56 Å². The van der Waals surface area contributed by atoms with Crippen molar-refractivity contribution in [1.29, 1.82) is 0 Å². The second kappa shape index (κ2) is 7.67. The molecule has 0 heterocycles. The summed E-state index contributed by atoms with van der Waals surface area (Å²) in [6, 6.07) is 5.26. The Morgan fingerprint density at radius 2 is 2.10 bits per heavy atom. The third kappa shape index (κ3) is 4.78. The van der Waals surface area contributed by atoms with Crippen LogP contribution >= 0.6 is 0 Å². The lowest BCUT2D eigenvalue weighted by atomic mass is 10.1. The molecule has 0 spiro atoms. The van der Waals surface area contributed by atoms with Gasteiger partial charge >= 0.3 is 0 Å². The standard InChI is InChI=1S/C16H21NO4/c1-16(2,21-4)15(19)17-13-11-12(7-5-6-10-18)8-9-14(13)20-3/h8-9,11,18H,6,10H2,1-4H3,(H,17,19). The van der Waals surface area contributed by atoms with Crippen LogP contribution in [0, 0.1) is 11.8 Å². The minimum atomic E-state index is -0.941. The molecule has 21 heavy (non-hydrogen) atoms. The second-order valence-electron chi connectivity index (χ2n) is 4.86. The zero-order chi connectivity index (χ0) is 15.9. The van der Waals surface area contributed by atoms with Gasteiger partial charge in [-0.25, -0.2) is 0 Å². The van der Waals surface area contributed by atoms with Gasteiger partial charge in [-0.1, -0.05) is 11.8 Å². The molecule has 5 nitrogen and oxygen atoms in total. The van der Waals surface area contributed by atoms with E-state index in [1.165, 1.54) is 14.2 Å². The number of carbonyl (C=O) groups is 1. The van der Waals surface area contributed by atoms with Gasteiger partial charge in [-0.05, 0) is 32.0 Å². The Kier molecular flexibility index (Phi) is 6.22. The van der Waals surface area contributed by atoms with Crippen LogP contribution < -0.4 is 10.1 Å². The number of aliphatic hydroxyl groups excluding tert-OH is 1. The molecule has 0 fully saturated rings. The summed E-state index contributed by atoms with van der Waals surface area (Å²) in [4.78, 5) is 12.1. The summed E-state index contributed by atoms with van der Waals surface area (Å²) in [7, 11) is 3.01. The Balaban J connectivity index is 3.02. The number of hydrogen-bond donors (Lipinski definition) is 2. The normalized spacial score (nSPS) is 10.5. The molecule has 0 aliphatic heterocycles. The lowest BCUT2D eigenvalue weighted by Crippen LogP contribution is -2.38. The summed E-state index contributed by atoms with van der Waals surface area (Å²) in [6.45, 7) is 3.38. The quantitative estimate of drug-likeness (QED) is 0.812. The molecule has 114 valence electrons. The Bertz CT molecular complexity index is 555. The number of aliphatic hydroxyl groups is 1. The third-order valence-corrected chi connectivity index (χ3v) is 2.97. The fourth-order valence-corrected chi connectivity index (χ4v) is 1.47. The van der Waals surface area contributed by atoms with Crippen LogP contribution in [0.5, 0.6) is 5.75 Å². The van der Waals surface area contributed by atoms with Gasteiger partial charge in [0.2, 0.25) is 0 Å². The fraction of sp³-hybridized carbons (Fsp3) is 0.438. The van der Waals surface area contributed by atoms with E-state index in [9.17, 15) is 4.79 Å². The average molecular weight is 291 g/mol. The van der Waals surface area contributed by atoms with Crippen LogP contribution in [0.3, 0.4) is 0 Å². The molecule has 0 saturated heterocycles. The predicted molar refractivity (Wildman–Crippen MR) is 81.3 cm³/mol. The highest BCUT2D eigenvalue weighted by molar-refractivity contribution is 5.98. The van der Waals surface area contributed by atoms with Crippen molar-refractivity contribution in [2.75, 3.05) is 26.1 Å². The average Bonchev–Trinajstić information content (AvgIpc) is 2.47. The van der Waals surface area contributed by atoms with Crippen molar-refractivity contribution < 1.29 is 19.4 Å². The summed E-state index contributed by atoms with van der Waals surface area (Å²) < 4.78 is 10.4. The summed E-state index contributed by atoms with van der Waals surface area (Å²) >= 11 is 0. The van der Waals surface area contributed by atoms with Crippen molar-refractivity contribution in [2.45, 2.75) is 25.9 Å². The van der Waals surface area contributed by atoms with Crippen molar-refractivity contribution in [1.82, 2.24) is 0 Å². The minimum absolute atomic E-state index is 0.0226. The van der Waals surface area contributed by atoms with Gasteiger partial charge in [0, 0.05) is 19.1 Å². The second-order valence-corrected chi connectivity index (χ2v) is 4.86. The van der Waals surface area contributed by atoms with Crippen molar-refractivity contribution in [3.63, 3.8) is 0 Å². The molecule has 0 atom stereocenters. The van der Waals surface area contributed by atoms with Crippen LogP contribution in [0.1, 0.15) is 25.8 Å². The number of carbonyl (C=O) groups excluding carboxylic acids is 1. The highest BCUT2D eigenvalue weighted by Gasteiger charge is 2.27. The molecule has 0 aromatic heterocycles. The van der Waals surface area contributed by atoms with Crippen molar-refractivity contribution in [2.24, 2.45) is 0 Å². The first-order valence-electron chi connectivity index (χ1n) is 6.59. The first-order chi connectivity index (χ1) is 9.94. The van der Waals surface area contributed by atoms with E-state index in [-0.39, 0.29) is 12.5 Å². The maximum absolute atomic E-state index is 12.1. The van der Waals surface area contributed by atoms with Crippen LogP contribution in [0.25, 0.3) is 0 Å². The van der Waals surface area contributed by atoms with Crippen LogP contribution in [0.4, 0.5) is 5.69 Å². The van der Waals surface area contributed by atoms with Gasteiger partial charge in [0.15, 0.2) is 0 Å². The van der Waals surface area contributed by atoms with E-state index in [2.05, 4.69) is 17.2 Å². The van der Waals surface area contributed by atoms with E-state index >= 15 is 0 Å². The first-order valence-corrected chi connectivity index (χ1v) is 6.59. The van der Waals surface area contributed by atoms with Gasteiger partial charge in [0.05, 0.1) is 19.4 Å². The number of benzene rings is 1. The van der Waals surface area contributed by atoms with Crippen molar-refractivity contribution in [3.8, 4) is 17.6 Å². The molecule has 1 aromatic carbocycles. The molecule has 0 aliphatic rings. The highest BCUT2D eigenvalue weighted by atomic mass is 16.5. The summed E-state index contributed by atoms with van der Waals surface area (Å²) in [5, 5.41) is 11.5. The largest absolute Gasteiger partial charge is 0.495 e. The maximum atomic E-state index is 12.1. The Morgan fingerprint density at radius 3 is 2.67 bits per heavy atom. The maximum Gasteiger partial charge on any atom is 0.256 e. The SMILES string of the molecule is COc1ccc(C#CCCO)cc1NC(=O)C(C)(C)OC. The van der Waals surface area contributed by atoms with E-state index in [0.29, 0.717) is 17.9 Å².